The SMILES string of the molecule is CC1=[C-]c2ccccc2C1C(c1ccccc1)c1ccccc1.[Cl-].[Cl-].[Cl-].[Ti+4]. The number of hydrogen-bond donors (Lipinski definition) is 0. The molecule has 0 saturated carbocycles. The molecule has 0 saturated heterocycles. The summed E-state index contributed by atoms with van der Waals surface area (Å²) < 4.78 is 0. The summed E-state index contributed by atoms with van der Waals surface area (Å²) in [4.78, 5) is 0. The Morgan fingerprint density at radius 1 is 0.667 bits per heavy atom. The van der Waals surface area contributed by atoms with E-state index >= 15 is 0 Å². The van der Waals surface area contributed by atoms with E-state index in [4.69, 9.17) is 0 Å². The van der Waals surface area contributed by atoms with Crippen LogP contribution in [-0.4, -0.2) is 0 Å². The number of fused-ring (bicyclic) bond motifs is 1. The monoisotopic (exact) mass is 448 g/mol. The zero-order chi connectivity index (χ0) is 15.6. The molecule has 1 atom stereocenters. The van der Waals surface area contributed by atoms with Crippen LogP contribution in [0.1, 0.15) is 41.0 Å². The van der Waals surface area contributed by atoms with Gasteiger partial charge in [-0.25, -0.2) is 0 Å². The van der Waals surface area contributed by atoms with Crippen molar-refractivity contribution in [2.75, 3.05) is 0 Å². The van der Waals surface area contributed by atoms with Crippen molar-refractivity contribution in [3.63, 3.8) is 0 Å². The molecule has 0 N–H and O–H groups in total. The normalized spacial score (nSPS) is 13.9. The standard InChI is InChI=1S/C23H19.3ClH.Ti/c1-17-16-20-14-8-9-15-21(20)22(17)23(18-10-4-2-5-11-18)19-12-6-3-7-13-19;;;;/h2-15,22-23H,1H3;3*1H;/q-1;;;;+4/p-3. The van der Waals surface area contributed by atoms with Crippen molar-refractivity contribution in [1.29, 1.82) is 0 Å². The first kappa shape index (κ1) is 26.0. The van der Waals surface area contributed by atoms with Crippen molar-refractivity contribution in [2.45, 2.75) is 18.8 Å². The predicted octanol–water partition coefficient (Wildman–Crippen LogP) is -3.28. The zero-order valence-electron chi connectivity index (χ0n) is 14.9. The molecule has 3 aromatic carbocycles. The van der Waals surface area contributed by atoms with Gasteiger partial charge in [-0.15, -0.1) is 23.3 Å². The first-order valence-electron chi connectivity index (χ1n) is 8.14. The maximum atomic E-state index is 3.58. The van der Waals surface area contributed by atoms with E-state index in [-0.39, 0.29) is 58.9 Å². The molecule has 136 valence electrons. The van der Waals surface area contributed by atoms with Gasteiger partial charge in [0, 0.05) is 5.92 Å². The predicted molar refractivity (Wildman–Crippen MR) is 95.4 cm³/mol. The number of benzene rings is 3. The second-order valence-electron chi connectivity index (χ2n) is 6.17. The van der Waals surface area contributed by atoms with Gasteiger partial charge in [-0.2, -0.15) is 17.7 Å². The van der Waals surface area contributed by atoms with Crippen LogP contribution in [0.5, 0.6) is 0 Å². The quantitative estimate of drug-likeness (QED) is 0.291. The summed E-state index contributed by atoms with van der Waals surface area (Å²) in [5.74, 6) is 0.685. The van der Waals surface area contributed by atoms with Gasteiger partial charge in [-0.1, -0.05) is 73.7 Å². The van der Waals surface area contributed by atoms with Crippen LogP contribution < -0.4 is 37.2 Å². The molecule has 0 bridgehead atoms. The molecule has 0 amide bonds. The molecule has 27 heavy (non-hydrogen) atoms. The Hall–Kier alpha value is -1.02. The number of rotatable bonds is 3. The van der Waals surface area contributed by atoms with Gasteiger partial charge in [0.2, 0.25) is 0 Å². The molecule has 0 heterocycles. The summed E-state index contributed by atoms with van der Waals surface area (Å²) in [6.07, 6.45) is 3.58. The van der Waals surface area contributed by atoms with Crippen LogP contribution >= 0.6 is 0 Å². The van der Waals surface area contributed by atoms with Crippen LogP contribution in [0.4, 0.5) is 0 Å². The van der Waals surface area contributed by atoms with E-state index in [0.717, 1.165) is 0 Å². The summed E-state index contributed by atoms with van der Waals surface area (Å²) in [5.41, 5.74) is 6.68. The van der Waals surface area contributed by atoms with E-state index in [1.807, 2.05) is 0 Å². The Morgan fingerprint density at radius 3 is 1.63 bits per heavy atom. The largest absolute Gasteiger partial charge is 4.00 e. The smallest absolute Gasteiger partial charge is 1.00 e. The number of allylic oxidation sites excluding steroid dienone is 1. The first-order valence-corrected chi connectivity index (χ1v) is 8.14. The van der Waals surface area contributed by atoms with Gasteiger partial charge in [0.05, 0.1) is 0 Å². The van der Waals surface area contributed by atoms with Crippen LogP contribution in [0.25, 0.3) is 0 Å². The maximum Gasteiger partial charge on any atom is 4.00 e. The Kier molecular flexibility index (Phi) is 11.3. The Bertz CT molecular complexity index is 808. The third-order valence-electron chi connectivity index (χ3n) is 4.74. The van der Waals surface area contributed by atoms with Crippen molar-refractivity contribution in [3.05, 3.63) is 119 Å². The molecule has 0 fully saturated rings. The van der Waals surface area contributed by atoms with Crippen molar-refractivity contribution in [3.8, 4) is 0 Å². The summed E-state index contributed by atoms with van der Waals surface area (Å²) in [7, 11) is 0. The van der Waals surface area contributed by atoms with Crippen LogP contribution in [0, 0.1) is 6.08 Å². The van der Waals surface area contributed by atoms with E-state index in [1.54, 1.807) is 0 Å². The van der Waals surface area contributed by atoms with Crippen molar-refractivity contribution in [1.82, 2.24) is 0 Å². The Balaban J connectivity index is 0.00000169. The molecule has 0 radical (unpaired) electrons. The number of halogens is 3. The van der Waals surface area contributed by atoms with Crippen LogP contribution in [0.15, 0.2) is 90.5 Å². The fourth-order valence-electron chi connectivity index (χ4n) is 3.73. The minimum atomic E-state index is 0. The topological polar surface area (TPSA) is 0 Å². The molecule has 3 aromatic rings. The van der Waals surface area contributed by atoms with Gasteiger partial charge in [0.1, 0.15) is 0 Å². The van der Waals surface area contributed by atoms with Crippen molar-refractivity contribution in [2.24, 2.45) is 0 Å². The molecule has 4 heteroatoms. The van der Waals surface area contributed by atoms with Gasteiger partial charge in [-0.3, -0.25) is 0 Å². The average Bonchev–Trinajstić information content (AvgIpc) is 2.94. The Labute approximate surface area is 195 Å². The van der Waals surface area contributed by atoms with Crippen molar-refractivity contribution >= 4 is 0 Å². The van der Waals surface area contributed by atoms with Crippen molar-refractivity contribution < 1.29 is 58.9 Å². The molecule has 1 aliphatic rings. The van der Waals surface area contributed by atoms with E-state index in [1.165, 1.54) is 27.8 Å². The van der Waals surface area contributed by atoms with Crippen LogP contribution in [0.3, 0.4) is 0 Å². The number of hydrogen-bond acceptors (Lipinski definition) is 0. The van der Waals surface area contributed by atoms with Gasteiger partial charge in [-0.05, 0) is 17.0 Å². The second-order valence-corrected chi connectivity index (χ2v) is 6.17. The van der Waals surface area contributed by atoms with E-state index in [2.05, 4.69) is 97.9 Å². The molecule has 4 rings (SSSR count). The fourth-order valence-corrected chi connectivity index (χ4v) is 3.73. The minimum Gasteiger partial charge on any atom is -1.00 e. The molecule has 1 unspecified atom stereocenters. The minimum absolute atomic E-state index is 0. The summed E-state index contributed by atoms with van der Waals surface area (Å²) in [6.45, 7) is 2.21. The van der Waals surface area contributed by atoms with E-state index in [0.29, 0.717) is 11.8 Å². The molecular weight excluding hydrogens is 430 g/mol. The third kappa shape index (κ3) is 5.28. The summed E-state index contributed by atoms with van der Waals surface area (Å²) >= 11 is 0. The Morgan fingerprint density at radius 2 is 1.11 bits per heavy atom. The summed E-state index contributed by atoms with van der Waals surface area (Å²) in [5, 5.41) is 0. The molecular formula is C23H19Cl3Ti. The van der Waals surface area contributed by atoms with Gasteiger partial charge < -0.3 is 37.2 Å². The molecule has 1 aliphatic carbocycles. The molecule has 0 aliphatic heterocycles. The fraction of sp³-hybridized carbons (Fsp3) is 0.130. The van der Waals surface area contributed by atoms with Gasteiger partial charge in [0.25, 0.3) is 0 Å². The van der Waals surface area contributed by atoms with E-state index < -0.39 is 0 Å². The van der Waals surface area contributed by atoms with Gasteiger partial charge >= 0.3 is 21.7 Å². The van der Waals surface area contributed by atoms with Gasteiger partial charge in [0.15, 0.2) is 0 Å². The molecule has 0 aromatic heterocycles. The third-order valence-corrected chi connectivity index (χ3v) is 4.74. The van der Waals surface area contributed by atoms with Crippen LogP contribution in [0.2, 0.25) is 0 Å². The first-order chi connectivity index (χ1) is 11.3. The molecule has 0 spiro atoms. The zero-order valence-corrected chi connectivity index (χ0v) is 18.7. The average molecular weight is 450 g/mol. The second kappa shape index (κ2) is 11.7. The molecule has 0 nitrogen and oxygen atoms in total. The summed E-state index contributed by atoms with van der Waals surface area (Å²) in [6, 6.07) is 30.3. The van der Waals surface area contributed by atoms with E-state index in [9.17, 15) is 0 Å². The van der Waals surface area contributed by atoms with Crippen LogP contribution in [-0.2, 0) is 21.7 Å². The maximum absolute atomic E-state index is 3.58.